The standard InChI is InChI=1S/C25H35NO2/c1-23(2,3)15-10-11-16-17(14-15)20(24(4,5)6)21(25(7,8)9)22(16)26-18(27)12-13-19(26)28/h10-14,20-22H,1-9H3/t20-,21+,22+/m0/s1. The molecule has 1 aromatic rings. The second kappa shape index (κ2) is 6.30. The Morgan fingerprint density at radius 3 is 1.71 bits per heavy atom. The molecule has 0 radical (unpaired) electrons. The Morgan fingerprint density at radius 1 is 0.750 bits per heavy atom. The van der Waals surface area contributed by atoms with Gasteiger partial charge in [0.1, 0.15) is 0 Å². The maximum atomic E-state index is 12.7. The second-order valence-corrected chi connectivity index (χ2v) is 11.7. The van der Waals surface area contributed by atoms with E-state index < -0.39 is 0 Å². The number of hydrogen-bond acceptors (Lipinski definition) is 2. The quantitative estimate of drug-likeness (QED) is 0.580. The van der Waals surface area contributed by atoms with E-state index in [1.54, 1.807) is 0 Å². The zero-order valence-corrected chi connectivity index (χ0v) is 18.9. The normalized spacial score (nSPS) is 25.6. The van der Waals surface area contributed by atoms with Crippen LogP contribution in [0.5, 0.6) is 0 Å². The summed E-state index contributed by atoms with van der Waals surface area (Å²) in [7, 11) is 0. The van der Waals surface area contributed by atoms with E-state index in [4.69, 9.17) is 0 Å². The van der Waals surface area contributed by atoms with Gasteiger partial charge in [0.05, 0.1) is 6.04 Å². The number of rotatable bonds is 1. The van der Waals surface area contributed by atoms with Crippen molar-refractivity contribution in [1.29, 1.82) is 0 Å². The molecule has 3 nitrogen and oxygen atoms in total. The van der Waals surface area contributed by atoms with E-state index in [0.29, 0.717) is 0 Å². The van der Waals surface area contributed by atoms with Crippen LogP contribution in [0.1, 0.15) is 91.0 Å². The summed E-state index contributed by atoms with van der Waals surface area (Å²) >= 11 is 0. The average molecular weight is 382 g/mol. The number of carbonyl (C=O) groups is 2. The summed E-state index contributed by atoms with van der Waals surface area (Å²) in [6.07, 6.45) is 2.82. The van der Waals surface area contributed by atoms with Crippen molar-refractivity contribution in [2.75, 3.05) is 0 Å². The summed E-state index contributed by atoms with van der Waals surface area (Å²) in [4.78, 5) is 26.8. The van der Waals surface area contributed by atoms with E-state index in [1.165, 1.54) is 28.2 Å². The number of carbonyl (C=O) groups excluding carboxylic acids is 2. The van der Waals surface area contributed by atoms with Crippen molar-refractivity contribution in [3.05, 3.63) is 47.0 Å². The zero-order chi connectivity index (χ0) is 21.2. The third-order valence-corrected chi connectivity index (χ3v) is 6.36. The van der Waals surface area contributed by atoms with Crippen LogP contribution in [0.15, 0.2) is 30.4 Å². The number of benzene rings is 1. The maximum absolute atomic E-state index is 12.7. The summed E-state index contributed by atoms with van der Waals surface area (Å²) in [6, 6.07) is 6.46. The molecule has 0 saturated carbocycles. The van der Waals surface area contributed by atoms with Crippen LogP contribution >= 0.6 is 0 Å². The van der Waals surface area contributed by atoms with Crippen molar-refractivity contribution in [3.8, 4) is 0 Å². The second-order valence-electron chi connectivity index (χ2n) is 11.7. The Morgan fingerprint density at radius 2 is 1.29 bits per heavy atom. The van der Waals surface area contributed by atoms with Gasteiger partial charge >= 0.3 is 0 Å². The third kappa shape index (κ3) is 3.33. The molecule has 0 bridgehead atoms. The molecule has 0 fully saturated rings. The van der Waals surface area contributed by atoms with Crippen LogP contribution in [-0.2, 0) is 15.0 Å². The lowest BCUT2D eigenvalue weighted by molar-refractivity contribution is -0.142. The maximum Gasteiger partial charge on any atom is 0.254 e. The van der Waals surface area contributed by atoms with Gasteiger partial charge in [-0.25, -0.2) is 0 Å². The van der Waals surface area contributed by atoms with Gasteiger partial charge in [0.2, 0.25) is 0 Å². The summed E-state index contributed by atoms with van der Waals surface area (Å²) in [5.41, 5.74) is 3.74. The fraction of sp³-hybridized carbons (Fsp3) is 0.600. The fourth-order valence-electron chi connectivity index (χ4n) is 5.11. The van der Waals surface area contributed by atoms with Gasteiger partial charge in [0, 0.05) is 12.2 Å². The van der Waals surface area contributed by atoms with Gasteiger partial charge in [-0.05, 0) is 44.8 Å². The van der Waals surface area contributed by atoms with Crippen molar-refractivity contribution < 1.29 is 9.59 Å². The Labute approximate surface area is 170 Å². The smallest absolute Gasteiger partial charge is 0.254 e. The van der Waals surface area contributed by atoms with Gasteiger partial charge in [-0.3, -0.25) is 14.5 Å². The minimum absolute atomic E-state index is 0.0111. The van der Waals surface area contributed by atoms with Crippen LogP contribution < -0.4 is 0 Å². The fourth-order valence-corrected chi connectivity index (χ4v) is 5.11. The highest BCUT2D eigenvalue weighted by Gasteiger charge is 2.54. The lowest BCUT2D eigenvalue weighted by atomic mass is 9.63. The minimum Gasteiger partial charge on any atom is -0.269 e. The molecule has 3 atom stereocenters. The number of hydrogen-bond donors (Lipinski definition) is 0. The molecule has 28 heavy (non-hydrogen) atoms. The monoisotopic (exact) mass is 381 g/mol. The Hall–Kier alpha value is -1.90. The van der Waals surface area contributed by atoms with E-state index in [9.17, 15) is 9.59 Å². The topological polar surface area (TPSA) is 37.4 Å². The molecule has 3 rings (SSSR count). The first-order valence-corrected chi connectivity index (χ1v) is 10.3. The first kappa shape index (κ1) is 20.8. The molecule has 0 N–H and O–H groups in total. The Bertz CT molecular complexity index is 825. The molecule has 152 valence electrons. The van der Waals surface area contributed by atoms with Crippen molar-refractivity contribution in [2.45, 2.75) is 79.7 Å². The van der Waals surface area contributed by atoms with E-state index >= 15 is 0 Å². The van der Waals surface area contributed by atoms with Gasteiger partial charge < -0.3 is 0 Å². The molecule has 0 spiro atoms. The molecule has 0 aromatic heterocycles. The van der Waals surface area contributed by atoms with Crippen LogP contribution in [-0.4, -0.2) is 16.7 Å². The highest BCUT2D eigenvalue weighted by molar-refractivity contribution is 6.13. The van der Waals surface area contributed by atoms with E-state index in [0.717, 1.165) is 5.56 Å². The van der Waals surface area contributed by atoms with E-state index in [1.807, 2.05) is 0 Å². The van der Waals surface area contributed by atoms with Crippen LogP contribution in [0.25, 0.3) is 0 Å². The van der Waals surface area contributed by atoms with Crippen molar-refractivity contribution in [1.82, 2.24) is 4.90 Å². The van der Waals surface area contributed by atoms with Gasteiger partial charge in [0.15, 0.2) is 0 Å². The third-order valence-electron chi connectivity index (χ3n) is 6.36. The molecular weight excluding hydrogens is 346 g/mol. The predicted molar refractivity (Wildman–Crippen MR) is 114 cm³/mol. The highest BCUT2D eigenvalue weighted by Crippen LogP contribution is 2.61. The summed E-state index contributed by atoms with van der Waals surface area (Å²) in [6.45, 7) is 20.2. The molecule has 2 aliphatic rings. The van der Waals surface area contributed by atoms with Crippen LogP contribution in [0, 0.1) is 16.7 Å². The number of nitrogens with zero attached hydrogens (tertiary/aromatic N) is 1. The molecule has 0 saturated heterocycles. The molecule has 1 aliphatic carbocycles. The number of amides is 2. The van der Waals surface area contributed by atoms with Gasteiger partial charge in [-0.1, -0.05) is 80.5 Å². The van der Waals surface area contributed by atoms with Crippen LogP contribution in [0.3, 0.4) is 0 Å². The van der Waals surface area contributed by atoms with Crippen molar-refractivity contribution in [2.24, 2.45) is 16.7 Å². The first-order chi connectivity index (χ1) is 12.6. The molecule has 3 heteroatoms. The lowest BCUT2D eigenvalue weighted by Gasteiger charge is -2.44. The summed E-state index contributed by atoms with van der Waals surface area (Å²) in [5, 5.41) is 0. The molecule has 0 unspecified atom stereocenters. The van der Waals surface area contributed by atoms with Gasteiger partial charge in [-0.15, -0.1) is 0 Å². The van der Waals surface area contributed by atoms with Gasteiger partial charge in [0.25, 0.3) is 11.8 Å². The van der Waals surface area contributed by atoms with Crippen LogP contribution in [0.2, 0.25) is 0 Å². The molecular formula is C25H35NO2. The Kier molecular flexibility index (Phi) is 4.69. The lowest BCUT2D eigenvalue weighted by Crippen LogP contribution is -2.43. The largest absolute Gasteiger partial charge is 0.269 e. The molecule has 1 aromatic carbocycles. The molecule has 1 aliphatic heterocycles. The molecule has 2 amide bonds. The summed E-state index contributed by atoms with van der Waals surface area (Å²) in [5.74, 6) is 0.0378. The minimum atomic E-state index is -0.219. The van der Waals surface area contributed by atoms with Crippen molar-refractivity contribution >= 4 is 11.8 Å². The SMILES string of the molecule is CC(C)(C)c1ccc2c(c1)[C@H](C(C)(C)C)[C@@H](C(C)(C)C)[C@@H]2N1C(=O)C=CC1=O. The van der Waals surface area contributed by atoms with Crippen LogP contribution in [0.4, 0.5) is 0 Å². The molecule has 1 heterocycles. The average Bonchev–Trinajstić information content (AvgIpc) is 3.02. The van der Waals surface area contributed by atoms with Gasteiger partial charge in [-0.2, -0.15) is 0 Å². The Balaban J connectivity index is 2.28. The number of imide groups is 1. The zero-order valence-electron chi connectivity index (χ0n) is 18.9. The van der Waals surface area contributed by atoms with E-state index in [2.05, 4.69) is 80.5 Å². The summed E-state index contributed by atoms with van der Waals surface area (Å²) < 4.78 is 0. The highest BCUT2D eigenvalue weighted by atomic mass is 16.2. The first-order valence-electron chi connectivity index (χ1n) is 10.3. The van der Waals surface area contributed by atoms with E-state index in [-0.39, 0.29) is 45.9 Å². The van der Waals surface area contributed by atoms with Crippen molar-refractivity contribution in [3.63, 3.8) is 0 Å². The number of fused-ring (bicyclic) bond motifs is 1. The predicted octanol–water partition coefficient (Wildman–Crippen LogP) is 5.76.